The molecule has 0 aliphatic heterocycles. The van der Waals surface area contributed by atoms with E-state index in [2.05, 4.69) is 23.2 Å². The number of aromatic amines is 1. The molecular formula is C20H15NO2. The summed E-state index contributed by atoms with van der Waals surface area (Å²) in [4.78, 5) is 15.6. The highest BCUT2D eigenvalue weighted by Gasteiger charge is 2.16. The summed E-state index contributed by atoms with van der Waals surface area (Å²) in [6, 6.07) is 21.9. The van der Waals surface area contributed by atoms with Gasteiger partial charge in [-0.1, -0.05) is 54.6 Å². The van der Waals surface area contributed by atoms with E-state index in [4.69, 9.17) is 4.74 Å². The summed E-state index contributed by atoms with van der Waals surface area (Å²) < 4.78 is 4.92. The minimum atomic E-state index is -0.325. The van der Waals surface area contributed by atoms with Gasteiger partial charge in [0, 0.05) is 21.9 Å². The molecule has 1 heterocycles. The van der Waals surface area contributed by atoms with Gasteiger partial charge in [-0.25, -0.2) is 4.79 Å². The number of para-hydroxylation sites is 2. The van der Waals surface area contributed by atoms with E-state index >= 15 is 0 Å². The molecular weight excluding hydrogens is 286 g/mol. The summed E-state index contributed by atoms with van der Waals surface area (Å²) in [6.07, 6.45) is 0. The molecule has 0 aliphatic carbocycles. The first kappa shape index (κ1) is 13.6. The summed E-state index contributed by atoms with van der Waals surface area (Å²) in [5.74, 6) is -0.325. The summed E-state index contributed by atoms with van der Waals surface area (Å²) in [6.45, 7) is 0. The van der Waals surface area contributed by atoms with Crippen molar-refractivity contribution in [2.45, 2.75) is 0 Å². The van der Waals surface area contributed by atoms with Crippen LogP contribution in [0.25, 0.3) is 32.9 Å². The number of hydrogen-bond acceptors (Lipinski definition) is 2. The van der Waals surface area contributed by atoms with Gasteiger partial charge < -0.3 is 9.72 Å². The van der Waals surface area contributed by atoms with E-state index in [9.17, 15) is 4.79 Å². The first-order valence-corrected chi connectivity index (χ1v) is 7.47. The predicted octanol–water partition coefficient (Wildman–Crippen LogP) is 4.77. The van der Waals surface area contributed by atoms with Crippen molar-refractivity contribution in [3.8, 4) is 11.1 Å². The summed E-state index contributed by atoms with van der Waals surface area (Å²) in [5, 5.41) is 2.33. The first-order valence-electron chi connectivity index (χ1n) is 7.47. The highest BCUT2D eigenvalue weighted by atomic mass is 16.5. The third-order valence-corrected chi connectivity index (χ3v) is 4.16. The second-order valence-corrected chi connectivity index (χ2v) is 5.44. The lowest BCUT2D eigenvalue weighted by Gasteiger charge is -2.09. The van der Waals surface area contributed by atoms with Gasteiger partial charge in [-0.15, -0.1) is 0 Å². The number of hydrogen-bond donors (Lipinski definition) is 1. The number of methoxy groups -OCH3 is 1. The van der Waals surface area contributed by atoms with Crippen molar-refractivity contribution in [2.24, 2.45) is 0 Å². The van der Waals surface area contributed by atoms with E-state index < -0.39 is 0 Å². The van der Waals surface area contributed by atoms with Crippen molar-refractivity contribution in [1.29, 1.82) is 0 Å². The van der Waals surface area contributed by atoms with Gasteiger partial charge in [-0.05, 0) is 17.7 Å². The van der Waals surface area contributed by atoms with Crippen LogP contribution in [0.2, 0.25) is 0 Å². The molecule has 0 spiro atoms. The Labute approximate surface area is 133 Å². The molecule has 0 amide bonds. The fraction of sp³-hybridized carbons (Fsp3) is 0.0500. The molecule has 0 unspecified atom stereocenters. The standard InChI is InChI=1S/C20H15NO2/c1-23-20(22)17-9-3-2-7-13(17)15-10-6-11-16-14-8-4-5-12-18(14)21-19(15)16/h2-12,21H,1H3. The van der Waals surface area contributed by atoms with Gasteiger partial charge in [0.05, 0.1) is 18.2 Å². The quantitative estimate of drug-likeness (QED) is 0.542. The summed E-state index contributed by atoms with van der Waals surface area (Å²) in [5.41, 5.74) is 4.56. The molecule has 4 aromatic rings. The minimum Gasteiger partial charge on any atom is -0.465 e. The zero-order valence-corrected chi connectivity index (χ0v) is 12.7. The second-order valence-electron chi connectivity index (χ2n) is 5.44. The Bertz CT molecular complexity index is 1030. The molecule has 0 fully saturated rings. The van der Waals surface area contributed by atoms with Gasteiger partial charge in [0.15, 0.2) is 0 Å². The number of H-pyrrole nitrogens is 1. The number of nitrogens with one attached hydrogen (secondary N) is 1. The average Bonchev–Trinajstić information content (AvgIpc) is 3.00. The SMILES string of the molecule is COC(=O)c1ccccc1-c1cccc2c1[nH]c1ccccc12. The van der Waals surface area contributed by atoms with Crippen molar-refractivity contribution in [2.75, 3.05) is 7.11 Å². The number of esters is 1. The van der Waals surface area contributed by atoms with Crippen LogP contribution in [-0.4, -0.2) is 18.1 Å². The van der Waals surface area contributed by atoms with Crippen LogP contribution in [0.15, 0.2) is 66.7 Å². The van der Waals surface area contributed by atoms with Crippen LogP contribution in [0.4, 0.5) is 0 Å². The molecule has 0 atom stereocenters. The molecule has 0 aliphatic rings. The predicted molar refractivity (Wildman–Crippen MR) is 92.6 cm³/mol. The Balaban J connectivity index is 2.06. The minimum absolute atomic E-state index is 0.325. The zero-order valence-electron chi connectivity index (χ0n) is 12.7. The molecule has 3 heteroatoms. The molecule has 112 valence electrons. The van der Waals surface area contributed by atoms with Crippen molar-refractivity contribution in [3.63, 3.8) is 0 Å². The van der Waals surface area contributed by atoms with Crippen molar-refractivity contribution >= 4 is 27.8 Å². The Hall–Kier alpha value is -3.07. The van der Waals surface area contributed by atoms with E-state index in [1.807, 2.05) is 42.5 Å². The smallest absolute Gasteiger partial charge is 0.338 e. The maximum Gasteiger partial charge on any atom is 0.338 e. The maximum absolute atomic E-state index is 12.1. The van der Waals surface area contributed by atoms with E-state index in [1.54, 1.807) is 6.07 Å². The molecule has 0 saturated heterocycles. The molecule has 1 N–H and O–H groups in total. The lowest BCUT2D eigenvalue weighted by atomic mass is 9.97. The molecule has 0 bridgehead atoms. The normalized spacial score (nSPS) is 11.0. The van der Waals surface area contributed by atoms with Crippen LogP contribution in [0.1, 0.15) is 10.4 Å². The highest BCUT2D eigenvalue weighted by molar-refractivity contribution is 6.13. The molecule has 3 aromatic carbocycles. The van der Waals surface area contributed by atoms with E-state index in [0.717, 1.165) is 27.5 Å². The van der Waals surface area contributed by atoms with Gasteiger partial charge in [0.1, 0.15) is 0 Å². The molecule has 4 rings (SSSR count). The van der Waals surface area contributed by atoms with Gasteiger partial charge in [0.25, 0.3) is 0 Å². The van der Waals surface area contributed by atoms with Crippen LogP contribution >= 0.6 is 0 Å². The van der Waals surface area contributed by atoms with Gasteiger partial charge in [-0.2, -0.15) is 0 Å². The Morgan fingerprint density at radius 3 is 2.39 bits per heavy atom. The van der Waals surface area contributed by atoms with Crippen molar-refractivity contribution < 1.29 is 9.53 Å². The largest absolute Gasteiger partial charge is 0.465 e. The van der Waals surface area contributed by atoms with Crippen LogP contribution in [0.5, 0.6) is 0 Å². The van der Waals surface area contributed by atoms with Crippen LogP contribution < -0.4 is 0 Å². The average molecular weight is 301 g/mol. The highest BCUT2D eigenvalue weighted by Crippen LogP contribution is 2.34. The molecule has 23 heavy (non-hydrogen) atoms. The Morgan fingerprint density at radius 2 is 1.52 bits per heavy atom. The molecule has 3 nitrogen and oxygen atoms in total. The van der Waals surface area contributed by atoms with E-state index in [1.165, 1.54) is 12.5 Å². The first-order chi connectivity index (χ1) is 11.3. The fourth-order valence-corrected chi connectivity index (χ4v) is 3.10. The number of rotatable bonds is 2. The van der Waals surface area contributed by atoms with Crippen LogP contribution in [0.3, 0.4) is 0 Å². The zero-order chi connectivity index (χ0) is 15.8. The lowest BCUT2D eigenvalue weighted by molar-refractivity contribution is 0.0601. The van der Waals surface area contributed by atoms with Crippen LogP contribution in [-0.2, 0) is 4.74 Å². The Kier molecular flexibility index (Phi) is 3.12. The van der Waals surface area contributed by atoms with E-state index in [0.29, 0.717) is 5.56 Å². The number of carbonyl (C=O) groups is 1. The van der Waals surface area contributed by atoms with Crippen molar-refractivity contribution in [1.82, 2.24) is 4.98 Å². The lowest BCUT2D eigenvalue weighted by Crippen LogP contribution is -2.03. The number of carbonyl (C=O) groups excluding carboxylic acids is 1. The summed E-state index contributed by atoms with van der Waals surface area (Å²) >= 11 is 0. The number of benzene rings is 3. The second kappa shape index (κ2) is 5.29. The van der Waals surface area contributed by atoms with Crippen LogP contribution in [0, 0.1) is 0 Å². The topological polar surface area (TPSA) is 42.1 Å². The number of aromatic nitrogens is 1. The molecule has 1 aromatic heterocycles. The van der Waals surface area contributed by atoms with Gasteiger partial charge in [0.2, 0.25) is 0 Å². The summed E-state index contributed by atoms with van der Waals surface area (Å²) in [7, 11) is 1.41. The fourth-order valence-electron chi connectivity index (χ4n) is 3.10. The number of ether oxygens (including phenoxy) is 1. The number of fused-ring (bicyclic) bond motifs is 3. The molecule has 0 saturated carbocycles. The monoisotopic (exact) mass is 301 g/mol. The third kappa shape index (κ3) is 2.09. The van der Waals surface area contributed by atoms with Crippen molar-refractivity contribution in [3.05, 3.63) is 72.3 Å². The van der Waals surface area contributed by atoms with Gasteiger partial charge in [-0.3, -0.25) is 0 Å². The molecule has 0 radical (unpaired) electrons. The van der Waals surface area contributed by atoms with Gasteiger partial charge >= 0.3 is 5.97 Å². The van der Waals surface area contributed by atoms with E-state index in [-0.39, 0.29) is 5.97 Å². The maximum atomic E-state index is 12.1. The third-order valence-electron chi connectivity index (χ3n) is 4.16. The Morgan fingerprint density at radius 1 is 0.826 bits per heavy atom.